The van der Waals surface area contributed by atoms with E-state index in [2.05, 4.69) is 32.9 Å². The van der Waals surface area contributed by atoms with E-state index in [0.717, 1.165) is 64.2 Å². The van der Waals surface area contributed by atoms with Gasteiger partial charge in [-0.3, -0.25) is 14.4 Å². The second kappa shape index (κ2) is 47.8. The highest BCUT2D eigenvalue weighted by molar-refractivity contribution is 5.71. The van der Waals surface area contributed by atoms with Crippen LogP contribution in [-0.4, -0.2) is 37.2 Å². The molecule has 0 bridgehead atoms. The van der Waals surface area contributed by atoms with Crippen molar-refractivity contribution >= 4 is 17.9 Å². The van der Waals surface area contributed by atoms with E-state index >= 15 is 0 Å². The Morgan fingerprint density at radius 3 is 0.879 bits per heavy atom. The molecule has 58 heavy (non-hydrogen) atoms. The topological polar surface area (TPSA) is 78.9 Å². The highest BCUT2D eigenvalue weighted by Crippen LogP contribution is 2.16. The van der Waals surface area contributed by atoms with E-state index in [-0.39, 0.29) is 31.1 Å². The molecule has 0 amide bonds. The zero-order valence-electron chi connectivity index (χ0n) is 39.1. The fraction of sp³-hybridized carbons (Fsp3) is 0.904. The Bertz CT molecular complexity index is 900. The standard InChI is InChI=1S/C52H98O6/c1-4-7-10-13-16-19-22-25-28-30-33-36-39-42-45-51(54)57-48-49(58-52(55)46-43-40-37-34-31-27-24-21-18-15-12-9-6-3)47-56-50(53)44-41-38-35-32-29-26-23-20-17-14-11-8-5-2/h28,30,49H,4-27,29,31-48H2,1-3H3/b30-28-. The molecule has 0 aliphatic rings. The van der Waals surface area contributed by atoms with E-state index in [9.17, 15) is 14.4 Å². The number of esters is 3. The van der Waals surface area contributed by atoms with Crippen LogP contribution in [0.1, 0.15) is 284 Å². The molecule has 0 heterocycles. The summed E-state index contributed by atoms with van der Waals surface area (Å²) in [4.78, 5) is 37.9. The van der Waals surface area contributed by atoms with Gasteiger partial charge in [0.25, 0.3) is 0 Å². The van der Waals surface area contributed by atoms with Crippen molar-refractivity contribution in [2.24, 2.45) is 0 Å². The summed E-state index contributed by atoms with van der Waals surface area (Å²) < 4.78 is 16.8. The maximum absolute atomic E-state index is 12.8. The monoisotopic (exact) mass is 819 g/mol. The predicted molar refractivity (Wildman–Crippen MR) is 247 cm³/mol. The molecule has 0 N–H and O–H groups in total. The maximum atomic E-state index is 12.8. The molecule has 0 spiro atoms. The van der Waals surface area contributed by atoms with Crippen LogP contribution in [0.2, 0.25) is 0 Å². The smallest absolute Gasteiger partial charge is 0.306 e. The largest absolute Gasteiger partial charge is 0.462 e. The van der Waals surface area contributed by atoms with Gasteiger partial charge in [0.15, 0.2) is 6.10 Å². The second-order valence-corrected chi connectivity index (χ2v) is 17.4. The summed E-state index contributed by atoms with van der Waals surface area (Å²) in [5.41, 5.74) is 0. The molecule has 0 aromatic rings. The average Bonchev–Trinajstić information content (AvgIpc) is 3.22. The molecule has 342 valence electrons. The van der Waals surface area contributed by atoms with Crippen LogP contribution in [0.25, 0.3) is 0 Å². The first kappa shape index (κ1) is 56.1. The SMILES string of the molecule is CCCCCCCCC/C=C\CCCCCC(=O)OCC(COC(=O)CCCCCCCCCCCCCCC)OC(=O)CCCCCCCCCCCCCCC. The lowest BCUT2D eigenvalue weighted by molar-refractivity contribution is -0.167. The predicted octanol–water partition coefficient (Wildman–Crippen LogP) is 16.6. The Kier molecular flexibility index (Phi) is 46.3. The van der Waals surface area contributed by atoms with Crippen molar-refractivity contribution in [3.8, 4) is 0 Å². The van der Waals surface area contributed by atoms with Gasteiger partial charge in [-0.05, 0) is 44.9 Å². The van der Waals surface area contributed by atoms with Crippen LogP contribution in [-0.2, 0) is 28.6 Å². The van der Waals surface area contributed by atoms with Gasteiger partial charge in [-0.1, -0.05) is 232 Å². The van der Waals surface area contributed by atoms with Crippen molar-refractivity contribution < 1.29 is 28.6 Å². The number of ether oxygens (including phenoxy) is 3. The van der Waals surface area contributed by atoms with Gasteiger partial charge in [0.2, 0.25) is 0 Å². The Hall–Kier alpha value is -1.85. The van der Waals surface area contributed by atoms with Crippen molar-refractivity contribution in [2.45, 2.75) is 290 Å². The summed E-state index contributed by atoms with van der Waals surface area (Å²) in [6.45, 7) is 6.65. The van der Waals surface area contributed by atoms with Gasteiger partial charge in [-0.15, -0.1) is 0 Å². The molecule has 0 aromatic carbocycles. The number of carbonyl (C=O) groups excluding carboxylic acids is 3. The number of carbonyl (C=O) groups is 3. The normalized spacial score (nSPS) is 12.0. The van der Waals surface area contributed by atoms with Crippen LogP contribution < -0.4 is 0 Å². The second-order valence-electron chi connectivity index (χ2n) is 17.4. The molecule has 6 nitrogen and oxygen atoms in total. The Morgan fingerprint density at radius 2 is 0.569 bits per heavy atom. The Labute approximate surface area is 360 Å². The minimum absolute atomic E-state index is 0.0694. The van der Waals surface area contributed by atoms with Crippen LogP contribution in [0.3, 0.4) is 0 Å². The van der Waals surface area contributed by atoms with E-state index < -0.39 is 6.10 Å². The first-order valence-corrected chi connectivity index (χ1v) is 25.7. The molecule has 1 unspecified atom stereocenters. The third-order valence-electron chi connectivity index (χ3n) is 11.5. The van der Waals surface area contributed by atoms with E-state index in [4.69, 9.17) is 14.2 Å². The molecule has 0 rings (SSSR count). The minimum Gasteiger partial charge on any atom is -0.462 e. The molecular weight excluding hydrogens is 721 g/mol. The Morgan fingerprint density at radius 1 is 0.328 bits per heavy atom. The van der Waals surface area contributed by atoms with Crippen molar-refractivity contribution in [2.75, 3.05) is 13.2 Å². The lowest BCUT2D eigenvalue weighted by atomic mass is 10.0. The van der Waals surface area contributed by atoms with E-state index in [1.165, 1.54) is 180 Å². The first-order chi connectivity index (χ1) is 28.5. The minimum atomic E-state index is -0.768. The maximum Gasteiger partial charge on any atom is 0.306 e. The third kappa shape index (κ3) is 45.2. The number of hydrogen-bond acceptors (Lipinski definition) is 6. The molecule has 0 aliphatic carbocycles. The average molecular weight is 819 g/mol. The van der Waals surface area contributed by atoms with E-state index in [1.54, 1.807) is 0 Å². The molecule has 6 heteroatoms. The zero-order valence-corrected chi connectivity index (χ0v) is 39.1. The molecule has 0 fully saturated rings. The fourth-order valence-electron chi connectivity index (χ4n) is 7.61. The van der Waals surface area contributed by atoms with Crippen LogP contribution in [0.5, 0.6) is 0 Å². The van der Waals surface area contributed by atoms with Crippen LogP contribution in [0.4, 0.5) is 0 Å². The van der Waals surface area contributed by atoms with Gasteiger partial charge in [-0.2, -0.15) is 0 Å². The number of unbranched alkanes of at least 4 members (excludes halogenated alkanes) is 34. The first-order valence-electron chi connectivity index (χ1n) is 25.7. The third-order valence-corrected chi connectivity index (χ3v) is 11.5. The highest BCUT2D eigenvalue weighted by Gasteiger charge is 2.19. The lowest BCUT2D eigenvalue weighted by Crippen LogP contribution is -2.30. The summed E-state index contributed by atoms with van der Waals surface area (Å²) in [7, 11) is 0. The highest BCUT2D eigenvalue weighted by atomic mass is 16.6. The van der Waals surface area contributed by atoms with Gasteiger partial charge in [0.05, 0.1) is 0 Å². The molecule has 0 aliphatic heterocycles. The quantitative estimate of drug-likeness (QED) is 0.0263. The number of allylic oxidation sites excluding steroid dienone is 2. The van der Waals surface area contributed by atoms with Crippen molar-refractivity contribution in [3.63, 3.8) is 0 Å². The molecular formula is C52H98O6. The van der Waals surface area contributed by atoms with E-state index in [1.807, 2.05) is 0 Å². The summed E-state index contributed by atoms with van der Waals surface area (Å²) in [6, 6.07) is 0. The number of hydrogen-bond donors (Lipinski definition) is 0. The lowest BCUT2D eigenvalue weighted by Gasteiger charge is -2.18. The zero-order chi connectivity index (χ0) is 42.3. The summed E-state index contributed by atoms with van der Waals surface area (Å²) >= 11 is 0. The van der Waals surface area contributed by atoms with Gasteiger partial charge in [-0.25, -0.2) is 0 Å². The molecule has 1 atom stereocenters. The number of rotatable bonds is 47. The molecule has 0 saturated heterocycles. The fourth-order valence-corrected chi connectivity index (χ4v) is 7.61. The van der Waals surface area contributed by atoms with Gasteiger partial charge in [0, 0.05) is 19.3 Å². The van der Waals surface area contributed by atoms with Crippen molar-refractivity contribution in [3.05, 3.63) is 12.2 Å². The molecule has 0 aromatic heterocycles. The van der Waals surface area contributed by atoms with Crippen molar-refractivity contribution in [1.29, 1.82) is 0 Å². The van der Waals surface area contributed by atoms with Crippen LogP contribution in [0, 0.1) is 0 Å². The summed E-state index contributed by atoms with van der Waals surface area (Å²) in [6.07, 6.45) is 51.9. The van der Waals surface area contributed by atoms with E-state index in [0.29, 0.717) is 19.3 Å². The van der Waals surface area contributed by atoms with Crippen LogP contribution >= 0.6 is 0 Å². The summed E-state index contributed by atoms with van der Waals surface area (Å²) in [5, 5.41) is 0. The van der Waals surface area contributed by atoms with Gasteiger partial charge in [0.1, 0.15) is 13.2 Å². The summed E-state index contributed by atoms with van der Waals surface area (Å²) in [5.74, 6) is -0.870. The van der Waals surface area contributed by atoms with Gasteiger partial charge >= 0.3 is 17.9 Å². The molecule has 0 saturated carbocycles. The Balaban J connectivity index is 4.35. The van der Waals surface area contributed by atoms with Gasteiger partial charge < -0.3 is 14.2 Å². The molecule has 0 radical (unpaired) electrons. The van der Waals surface area contributed by atoms with Crippen LogP contribution in [0.15, 0.2) is 12.2 Å². The van der Waals surface area contributed by atoms with Crippen molar-refractivity contribution in [1.82, 2.24) is 0 Å².